The minimum absolute atomic E-state index is 0.0115. The lowest BCUT2D eigenvalue weighted by Gasteiger charge is -2.28. The second-order valence-electron chi connectivity index (χ2n) is 9.73. The Morgan fingerprint density at radius 3 is 2.56 bits per heavy atom. The molecule has 0 aliphatic carbocycles. The van der Waals surface area contributed by atoms with Crippen LogP contribution in [0.5, 0.6) is 0 Å². The van der Waals surface area contributed by atoms with Gasteiger partial charge in [-0.1, -0.05) is 49.4 Å². The Kier molecular flexibility index (Phi) is 8.25. The van der Waals surface area contributed by atoms with Gasteiger partial charge in [-0.25, -0.2) is 9.99 Å². The molecule has 2 atom stereocenters. The van der Waals surface area contributed by atoms with Crippen molar-refractivity contribution in [3.63, 3.8) is 0 Å². The van der Waals surface area contributed by atoms with Gasteiger partial charge >= 0.3 is 6.18 Å². The first-order valence-corrected chi connectivity index (χ1v) is 13.3. The molecule has 3 heterocycles. The van der Waals surface area contributed by atoms with Crippen LogP contribution < -0.4 is 16.0 Å². The Hall–Kier alpha value is -3.52. The topological polar surface area (TPSA) is 124 Å². The minimum atomic E-state index is -5.00. The highest BCUT2D eigenvalue weighted by Gasteiger charge is 2.47. The van der Waals surface area contributed by atoms with Gasteiger partial charge in [0.2, 0.25) is 11.8 Å². The molecule has 0 radical (unpaired) electrons. The molecule has 210 valence electrons. The number of aromatic nitrogens is 1. The third kappa shape index (κ3) is 6.22. The van der Waals surface area contributed by atoms with Crippen molar-refractivity contribution >= 4 is 40.1 Å². The number of thiazole rings is 1. The third-order valence-corrected chi connectivity index (χ3v) is 7.64. The molecule has 2 aliphatic rings. The number of carbonyl (C=O) groups is 4. The van der Waals surface area contributed by atoms with Gasteiger partial charge in [0, 0.05) is 32.1 Å². The lowest BCUT2D eigenvalue weighted by Crippen LogP contribution is -2.50. The predicted molar refractivity (Wildman–Crippen MR) is 136 cm³/mol. The van der Waals surface area contributed by atoms with Crippen molar-refractivity contribution in [1.29, 1.82) is 0 Å². The number of fused-ring (bicyclic) bond motifs is 2. The molecule has 39 heavy (non-hydrogen) atoms. The van der Waals surface area contributed by atoms with Gasteiger partial charge < -0.3 is 16.0 Å². The Morgan fingerprint density at radius 1 is 1.15 bits per heavy atom. The summed E-state index contributed by atoms with van der Waals surface area (Å²) in [6.07, 6.45) is -4.28. The highest BCUT2D eigenvalue weighted by Crippen LogP contribution is 2.32. The first-order chi connectivity index (χ1) is 18.4. The summed E-state index contributed by atoms with van der Waals surface area (Å²) in [4.78, 5) is 55.0. The van der Waals surface area contributed by atoms with Gasteiger partial charge in [0.1, 0.15) is 10.9 Å². The number of rotatable bonds is 7. The van der Waals surface area contributed by atoms with Crippen LogP contribution in [-0.2, 0) is 20.9 Å². The van der Waals surface area contributed by atoms with Crippen molar-refractivity contribution in [1.82, 2.24) is 25.6 Å². The fraction of sp³-hybridized carbons (Fsp3) is 0.480. The molecule has 4 amide bonds. The van der Waals surface area contributed by atoms with Crippen molar-refractivity contribution in [2.45, 2.75) is 46.0 Å². The zero-order valence-electron chi connectivity index (χ0n) is 21.6. The zero-order chi connectivity index (χ0) is 28.5. The molecule has 14 heteroatoms. The summed E-state index contributed by atoms with van der Waals surface area (Å²) in [5, 5.41) is 10.5. The van der Waals surface area contributed by atoms with E-state index >= 15 is 0 Å². The molecule has 0 bridgehead atoms. The lowest BCUT2D eigenvalue weighted by atomic mass is 9.98. The second kappa shape index (κ2) is 11.3. The van der Waals surface area contributed by atoms with Crippen LogP contribution in [0.2, 0.25) is 0 Å². The van der Waals surface area contributed by atoms with E-state index in [1.807, 2.05) is 5.01 Å². The highest BCUT2D eigenvalue weighted by molar-refractivity contribution is 7.17. The molecule has 2 aliphatic heterocycles. The van der Waals surface area contributed by atoms with Crippen molar-refractivity contribution < 1.29 is 32.3 Å². The molecule has 0 unspecified atom stereocenters. The van der Waals surface area contributed by atoms with Crippen LogP contribution in [0.3, 0.4) is 0 Å². The van der Waals surface area contributed by atoms with Crippen LogP contribution in [0.25, 0.3) is 0 Å². The molecule has 10 nitrogen and oxygen atoms in total. The monoisotopic (exact) mass is 566 g/mol. The molecular formula is C25H29F3N6O4S. The maximum absolute atomic E-state index is 14.0. The molecule has 1 fully saturated rings. The van der Waals surface area contributed by atoms with Crippen LogP contribution in [0, 0.1) is 18.8 Å². The molecule has 0 saturated carbocycles. The minimum Gasteiger partial charge on any atom is -0.350 e. The van der Waals surface area contributed by atoms with Gasteiger partial charge in [-0.3, -0.25) is 24.2 Å². The summed E-state index contributed by atoms with van der Waals surface area (Å²) in [6, 6.07) is 5.53. The summed E-state index contributed by atoms with van der Waals surface area (Å²) in [7, 11) is 0. The number of benzene rings is 1. The van der Waals surface area contributed by atoms with Crippen LogP contribution in [0.1, 0.15) is 52.8 Å². The van der Waals surface area contributed by atoms with Gasteiger partial charge in [0.15, 0.2) is 11.0 Å². The Bertz CT molecular complexity index is 1280. The Balaban J connectivity index is 1.49. The predicted octanol–water partition coefficient (Wildman–Crippen LogP) is 2.77. The number of nitrogens with one attached hydrogen (secondary N) is 3. The number of carbonyl (C=O) groups excluding carboxylic acids is 4. The van der Waals surface area contributed by atoms with Crippen LogP contribution >= 0.6 is 11.3 Å². The number of alkyl halides is 3. The van der Waals surface area contributed by atoms with E-state index in [4.69, 9.17) is 0 Å². The molecule has 1 saturated heterocycles. The van der Waals surface area contributed by atoms with Crippen LogP contribution in [0.15, 0.2) is 24.3 Å². The van der Waals surface area contributed by atoms with Gasteiger partial charge in [-0.15, -0.1) is 0 Å². The summed E-state index contributed by atoms with van der Waals surface area (Å²) in [5.41, 5.74) is 1.39. The van der Waals surface area contributed by atoms with E-state index < -0.39 is 42.4 Å². The smallest absolute Gasteiger partial charge is 0.350 e. The zero-order valence-corrected chi connectivity index (χ0v) is 22.4. The number of amides is 4. The number of hydrazine groups is 1. The first kappa shape index (κ1) is 28.5. The third-order valence-electron chi connectivity index (χ3n) is 6.57. The highest BCUT2D eigenvalue weighted by atomic mass is 32.1. The van der Waals surface area contributed by atoms with Crippen LogP contribution in [0.4, 0.5) is 18.3 Å². The van der Waals surface area contributed by atoms with E-state index in [1.54, 1.807) is 38.1 Å². The number of hydrogen-bond acceptors (Lipinski definition) is 7. The summed E-state index contributed by atoms with van der Waals surface area (Å²) in [6.45, 7) is 5.23. The SMILES string of the molecule is Cc1nc(NC(=O)C(C)C)sc1C(=O)NC[C@H](C(=O)N[C@@H]1C(=O)N2CCCN2Cc2ccccc21)C(F)(F)F. The van der Waals surface area contributed by atoms with E-state index in [9.17, 15) is 32.3 Å². The van der Waals surface area contributed by atoms with Gasteiger partial charge in [-0.2, -0.15) is 13.2 Å². The number of aryl methyl sites for hydroxylation is 1. The van der Waals surface area contributed by atoms with Crippen molar-refractivity contribution in [3.05, 3.63) is 46.0 Å². The Morgan fingerprint density at radius 2 is 1.87 bits per heavy atom. The number of nitrogens with zero attached hydrogens (tertiary/aromatic N) is 3. The van der Waals surface area contributed by atoms with Crippen molar-refractivity contribution in [2.75, 3.05) is 25.0 Å². The summed E-state index contributed by atoms with van der Waals surface area (Å²) in [5.74, 6) is -6.05. The standard InChI is InChI=1S/C25H29F3N6O4S/c1-13(2)20(35)32-24-30-14(3)19(39-24)22(37)29-11-17(25(26,27)28)21(36)31-18-16-8-5-4-7-15(16)12-33-9-6-10-34(33)23(18)38/h4-5,7-8,13,17-18H,6,9-12H2,1-3H3,(H,29,37)(H,31,36)(H,30,32,35)/t17-,18+/m1/s1. The molecule has 3 N–H and O–H groups in total. The average molecular weight is 567 g/mol. The summed E-state index contributed by atoms with van der Waals surface area (Å²) < 4.78 is 42.0. The van der Waals surface area contributed by atoms with Gasteiger partial charge in [-0.05, 0) is 24.5 Å². The number of halogens is 3. The van der Waals surface area contributed by atoms with Crippen LogP contribution in [-0.4, -0.2) is 64.4 Å². The van der Waals surface area contributed by atoms with E-state index in [0.29, 0.717) is 31.6 Å². The molecule has 2 aromatic rings. The molecule has 1 aromatic carbocycles. The van der Waals surface area contributed by atoms with Gasteiger partial charge in [0.05, 0.1) is 5.69 Å². The number of anilines is 1. The van der Waals surface area contributed by atoms with E-state index in [2.05, 4.69) is 20.9 Å². The second-order valence-corrected chi connectivity index (χ2v) is 10.7. The van der Waals surface area contributed by atoms with E-state index in [-0.39, 0.29) is 27.5 Å². The molecule has 1 aromatic heterocycles. The maximum Gasteiger partial charge on any atom is 0.402 e. The fourth-order valence-electron chi connectivity index (χ4n) is 4.44. The first-order valence-electron chi connectivity index (χ1n) is 12.4. The van der Waals surface area contributed by atoms with E-state index in [1.165, 1.54) is 11.9 Å². The quantitative estimate of drug-likeness (QED) is 0.474. The summed E-state index contributed by atoms with van der Waals surface area (Å²) >= 11 is 0.821. The largest absolute Gasteiger partial charge is 0.402 e. The number of hydrogen-bond donors (Lipinski definition) is 3. The lowest BCUT2D eigenvalue weighted by molar-refractivity contribution is -0.182. The Labute approximate surface area is 226 Å². The van der Waals surface area contributed by atoms with E-state index in [0.717, 1.165) is 16.9 Å². The molecule has 0 spiro atoms. The normalized spacial score (nSPS) is 18.3. The van der Waals surface area contributed by atoms with Crippen molar-refractivity contribution in [2.24, 2.45) is 11.8 Å². The molecule has 4 rings (SSSR count). The van der Waals surface area contributed by atoms with Gasteiger partial charge in [0.25, 0.3) is 11.8 Å². The average Bonchev–Trinajstić information content (AvgIpc) is 3.45. The molecular weight excluding hydrogens is 537 g/mol. The van der Waals surface area contributed by atoms with Crippen molar-refractivity contribution in [3.8, 4) is 0 Å². The maximum atomic E-state index is 14.0. The fourth-order valence-corrected chi connectivity index (χ4v) is 5.33.